The molecule has 0 radical (unpaired) electrons. The van der Waals surface area contributed by atoms with Crippen LogP contribution in [-0.2, 0) is 0 Å². The summed E-state index contributed by atoms with van der Waals surface area (Å²) in [6.07, 6.45) is 2.28. The van der Waals surface area contributed by atoms with Crippen molar-refractivity contribution in [2.45, 2.75) is 33.6 Å². The molecular formula is C32H29BrLi2N2S2. The van der Waals surface area contributed by atoms with Gasteiger partial charge in [-0.1, -0.05) is 59.1 Å². The van der Waals surface area contributed by atoms with Crippen LogP contribution in [0.3, 0.4) is 0 Å². The Bertz CT molecular complexity index is 1580. The minimum absolute atomic E-state index is 0. The summed E-state index contributed by atoms with van der Waals surface area (Å²) in [5.74, 6) is 0. The number of aryl methyl sites for hydroxylation is 2. The van der Waals surface area contributed by atoms with Gasteiger partial charge in [0, 0.05) is 10.0 Å². The molecule has 0 fully saturated rings. The van der Waals surface area contributed by atoms with E-state index in [9.17, 15) is 0 Å². The Kier molecular flexibility index (Phi) is 14.2. The molecule has 0 spiro atoms. The van der Waals surface area contributed by atoms with Crippen molar-refractivity contribution in [2.24, 2.45) is 0 Å². The second kappa shape index (κ2) is 16.6. The summed E-state index contributed by atoms with van der Waals surface area (Å²) in [7, 11) is 0. The number of hydrogen-bond donors (Lipinski definition) is 0. The van der Waals surface area contributed by atoms with Crippen molar-refractivity contribution in [2.75, 3.05) is 0 Å². The van der Waals surface area contributed by atoms with Crippen molar-refractivity contribution in [3.05, 3.63) is 114 Å². The first-order valence-electron chi connectivity index (χ1n) is 12.2. The molecule has 188 valence electrons. The van der Waals surface area contributed by atoms with Gasteiger partial charge < -0.3 is 6.92 Å². The fourth-order valence-electron chi connectivity index (χ4n) is 3.43. The molecule has 4 aromatic carbocycles. The van der Waals surface area contributed by atoms with Gasteiger partial charge in [0.05, 0.1) is 25.4 Å². The van der Waals surface area contributed by atoms with Gasteiger partial charge in [-0.3, -0.25) is 0 Å². The zero-order valence-corrected chi connectivity index (χ0v) is 26.5. The van der Waals surface area contributed by atoms with E-state index in [0.29, 0.717) is 0 Å². The number of hydrogen-bond acceptors (Lipinski definition) is 4. The molecule has 6 aromatic rings. The molecule has 0 amide bonds. The van der Waals surface area contributed by atoms with Gasteiger partial charge in [0.2, 0.25) is 0 Å². The Balaban J connectivity index is 0.000000231. The Morgan fingerprint density at radius 2 is 1.15 bits per heavy atom. The van der Waals surface area contributed by atoms with E-state index in [4.69, 9.17) is 0 Å². The van der Waals surface area contributed by atoms with E-state index in [1.54, 1.807) is 22.7 Å². The summed E-state index contributed by atoms with van der Waals surface area (Å²) < 4.78 is 3.60. The van der Waals surface area contributed by atoms with Gasteiger partial charge in [-0.15, -0.1) is 22.7 Å². The van der Waals surface area contributed by atoms with Crippen molar-refractivity contribution >= 4 is 59.0 Å². The number of aromatic nitrogens is 2. The van der Waals surface area contributed by atoms with E-state index in [1.165, 1.54) is 32.5 Å². The number of halogens is 1. The third-order valence-corrected chi connectivity index (χ3v) is 8.16. The Morgan fingerprint density at radius 3 is 1.59 bits per heavy atom. The van der Waals surface area contributed by atoms with Gasteiger partial charge in [0.25, 0.3) is 0 Å². The standard InChI is InChI=1S/C14H10BrNS.C14H10NS.C4H9.2Li/c1-9-2-7-12-13(8-9)17-14(16-12)10-3-5-11(15)6-4-10;1-10-7-8-12-13(9-10)16-14(15-12)11-5-3-2-4-6-11;1-3-4-2;;/h2-8H,1H3;3-9H,1H3;1,3-4H2,2H3;;/q;2*-1;2*+1. The average Bonchev–Trinajstić information content (AvgIpc) is 3.54. The number of thiazole rings is 2. The topological polar surface area (TPSA) is 25.8 Å². The van der Waals surface area contributed by atoms with Crippen LogP contribution in [0.5, 0.6) is 0 Å². The fraction of sp³-hybridized carbons (Fsp3) is 0.156. The van der Waals surface area contributed by atoms with Crippen LogP contribution in [0.1, 0.15) is 30.9 Å². The van der Waals surface area contributed by atoms with Gasteiger partial charge in [-0.05, 0) is 61.4 Å². The van der Waals surface area contributed by atoms with Gasteiger partial charge in [-0.2, -0.15) is 36.8 Å². The maximum absolute atomic E-state index is 4.66. The van der Waals surface area contributed by atoms with E-state index < -0.39 is 0 Å². The van der Waals surface area contributed by atoms with Gasteiger partial charge in [0.15, 0.2) is 0 Å². The average molecular weight is 600 g/mol. The maximum atomic E-state index is 4.66. The van der Waals surface area contributed by atoms with E-state index in [-0.39, 0.29) is 37.7 Å². The van der Waals surface area contributed by atoms with Crippen LogP contribution in [0.2, 0.25) is 0 Å². The van der Waals surface area contributed by atoms with Gasteiger partial charge >= 0.3 is 37.7 Å². The summed E-state index contributed by atoms with van der Waals surface area (Å²) in [6, 6.07) is 32.0. The zero-order valence-electron chi connectivity index (χ0n) is 23.3. The molecule has 0 atom stereocenters. The van der Waals surface area contributed by atoms with Crippen molar-refractivity contribution in [3.8, 4) is 21.1 Å². The fourth-order valence-corrected chi connectivity index (χ4v) is 5.84. The number of nitrogens with zero attached hydrogens (tertiary/aromatic N) is 2. The molecule has 0 aliphatic heterocycles. The monoisotopic (exact) mass is 598 g/mol. The minimum Gasteiger partial charge on any atom is -0.343 e. The molecule has 2 heterocycles. The molecule has 0 unspecified atom stereocenters. The maximum Gasteiger partial charge on any atom is 1.00 e. The summed E-state index contributed by atoms with van der Waals surface area (Å²) in [6.45, 7) is 9.94. The number of fused-ring (bicyclic) bond motifs is 2. The van der Waals surface area contributed by atoms with Crippen LogP contribution in [-0.4, -0.2) is 9.97 Å². The van der Waals surface area contributed by atoms with Crippen LogP contribution < -0.4 is 37.7 Å². The number of rotatable bonds is 3. The second-order valence-electron chi connectivity index (χ2n) is 8.63. The van der Waals surface area contributed by atoms with Crippen molar-refractivity contribution in [3.63, 3.8) is 0 Å². The van der Waals surface area contributed by atoms with E-state index in [1.807, 2.05) is 36.4 Å². The van der Waals surface area contributed by atoms with Gasteiger partial charge in [-0.25, -0.2) is 9.97 Å². The summed E-state index contributed by atoms with van der Waals surface area (Å²) in [5, 5.41) is 2.16. The van der Waals surface area contributed by atoms with Crippen LogP contribution in [0.25, 0.3) is 41.6 Å². The van der Waals surface area contributed by atoms with Crippen LogP contribution >= 0.6 is 38.6 Å². The largest absolute Gasteiger partial charge is 1.00 e. The molecule has 0 aliphatic rings. The molecule has 39 heavy (non-hydrogen) atoms. The second-order valence-corrected chi connectivity index (χ2v) is 11.6. The normalized spacial score (nSPS) is 9.97. The molecule has 0 saturated heterocycles. The van der Waals surface area contributed by atoms with Crippen molar-refractivity contribution in [1.29, 1.82) is 0 Å². The van der Waals surface area contributed by atoms with Crippen LogP contribution in [0.15, 0.2) is 89.4 Å². The number of unbranched alkanes of at least 4 members (excludes halogenated alkanes) is 1. The third kappa shape index (κ3) is 9.45. The molecule has 0 aliphatic carbocycles. The molecule has 2 nitrogen and oxygen atoms in total. The summed E-state index contributed by atoms with van der Waals surface area (Å²) in [4.78, 5) is 9.29. The zero-order chi connectivity index (χ0) is 26.2. The molecule has 7 heteroatoms. The quantitative estimate of drug-likeness (QED) is 0.217. The smallest absolute Gasteiger partial charge is 0.343 e. The first-order chi connectivity index (χ1) is 18.0. The van der Waals surface area contributed by atoms with Crippen molar-refractivity contribution in [1.82, 2.24) is 9.97 Å². The third-order valence-electron chi connectivity index (χ3n) is 5.50. The number of benzene rings is 4. The van der Waals surface area contributed by atoms with Crippen molar-refractivity contribution < 1.29 is 37.7 Å². The molecule has 0 saturated carbocycles. The minimum atomic E-state index is 0. The molecular weight excluding hydrogens is 570 g/mol. The van der Waals surface area contributed by atoms with E-state index in [2.05, 4.69) is 108 Å². The molecule has 0 bridgehead atoms. The Hall–Kier alpha value is -1.67. The predicted octanol–water partition coefficient (Wildman–Crippen LogP) is 4.73. The molecule has 2 aromatic heterocycles. The summed E-state index contributed by atoms with van der Waals surface area (Å²) >= 11 is 6.93. The first-order valence-corrected chi connectivity index (χ1v) is 14.7. The molecule has 6 rings (SSSR count). The summed E-state index contributed by atoms with van der Waals surface area (Å²) in [5.41, 5.74) is 7.06. The van der Waals surface area contributed by atoms with Crippen LogP contribution in [0.4, 0.5) is 0 Å². The van der Waals surface area contributed by atoms with E-state index >= 15 is 0 Å². The first kappa shape index (κ1) is 33.5. The van der Waals surface area contributed by atoms with Crippen LogP contribution in [0, 0.1) is 26.8 Å². The SMILES string of the molecule is Cc1ccc2nc(-c3cc[c-]cc3)sc2c1.Cc1ccc2nc(-c3ccc(Br)cc3)sc2c1.[CH2-]CCC.[Li+].[Li+]. The molecule has 0 N–H and O–H groups in total. The predicted molar refractivity (Wildman–Crippen MR) is 166 cm³/mol. The Labute approximate surface area is 272 Å². The Morgan fingerprint density at radius 1 is 0.718 bits per heavy atom. The van der Waals surface area contributed by atoms with Gasteiger partial charge in [0.1, 0.15) is 5.01 Å². The van der Waals surface area contributed by atoms with E-state index in [0.717, 1.165) is 37.5 Å².